The Labute approximate surface area is 162 Å². The maximum atomic E-state index is 12.5. The van der Waals surface area contributed by atoms with Crippen LogP contribution in [0.1, 0.15) is 24.0 Å². The molecule has 4 nitrogen and oxygen atoms in total. The van der Waals surface area contributed by atoms with E-state index >= 15 is 0 Å². The molecule has 0 aromatic heterocycles. The standard InChI is InChI=1S/C23H28N2O2/c1-24-15-13-21(14-16-24)25(2)23(26)12-11-19-9-6-10-22(17-19)27-18-20-7-4-3-5-8-20/h3-12,17,21H,13-16,18H2,1-2H3/b12-11+. The summed E-state index contributed by atoms with van der Waals surface area (Å²) in [6.07, 6.45) is 5.60. The smallest absolute Gasteiger partial charge is 0.246 e. The Morgan fingerprint density at radius 3 is 2.63 bits per heavy atom. The second-order valence-corrected chi connectivity index (χ2v) is 7.16. The van der Waals surface area contributed by atoms with Crippen LogP contribution in [0.25, 0.3) is 6.08 Å². The Morgan fingerprint density at radius 1 is 1.15 bits per heavy atom. The third-order valence-electron chi connectivity index (χ3n) is 5.11. The average molecular weight is 364 g/mol. The van der Waals surface area contributed by atoms with Crippen molar-refractivity contribution in [3.05, 3.63) is 71.8 Å². The highest BCUT2D eigenvalue weighted by atomic mass is 16.5. The Bertz CT molecular complexity index is 765. The van der Waals surface area contributed by atoms with Crippen LogP contribution in [0, 0.1) is 0 Å². The lowest BCUT2D eigenvalue weighted by molar-refractivity contribution is -0.127. The van der Waals surface area contributed by atoms with Crippen LogP contribution < -0.4 is 4.74 Å². The maximum absolute atomic E-state index is 12.5. The minimum Gasteiger partial charge on any atom is -0.489 e. The summed E-state index contributed by atoms with van der Waals surface area (Å²) in [7, 11) is 4.03. The second kappa shape index (κ2) is 9.38. The molecule has 0 radical (unpaired) electrons. The maximum Gasteiger partial charge on any atom is 0.246 e. The fraction of sp³-hybridized carbons (Fsp3) is 0.348. The van der Waals surface area contributed by atoms with Gasteiger partial charge in [-0.1, -0.05) is 42.5 Å². The molecule has 0 bridgehead atoms. The zero-order valence-corrected chi connectivity index (χ0v) is 16.2. The average Bonchev–Trinajstić information content (AvgIpc) is 2.71. The quantitative estimate of drug-likeness (QED) is 0.730. The number of ether oxygens (including phenoxy) is 1. The molecule has 142 valence electrons. The lowest BCUT2D eigenvalue weighted by atomic mass is 10.0. The molecule has 0 saturated carbocycles. The van der Waals surface area contributed by atoms with Gasteiger partial charge < -0.3 is 14.5 Å². The monoisotopic (exact) mass is 364 g/mol. The van der Waals surface area contributed by atoms with Gasteiger partial charge in [-0.2, -0.15) is 0 Å². The molecule has 0 N–H and O–H groups in total. The molecule has 1 amide bonds. The topological polar surface area (TPSA) is 32.8 Å². The van der Waals surface area contributed by atoms with Crippen LogP contribution in [0.15, 0.2) is 60.7 Å². The summed E-state index contributed by atoms with van der Waals surface area (Å²) < 4.78 is 5.86. The summed E-state index contributed by atoms with van der Waals surface area (Å²) >= 11 is 0. The SMILES string of the molecule is CN1CCC(N(C)C(=O)/C=C/c2cccc(OCc3ccccc3)c2)CC1. The molecule has 27 heavy (non-hydrogen) atoms. The summed E-state index contributed by atoms with van der Waals surface area (Å²) in [5.74, 6) is 0.859. The Kier molecular flexibility index (Phi) is 6.66. The zero-order valence-electron chi connectivity index (χ0n) is 16.2. The van der Waals surface area contributed by atoms with Gasteiger partial charge in [-0.15, -0.1) is 0 Å². The van der Waals surface area contributed by atoms with Crippen molar-refractivity contribution < 1.29 is 9.53 Å². The normalized spacial score (nSPS) is 15.8. The predicted molar refractivity (Wildman–Crippen MR) is 110 cm³/mol. The molecule has 1 heterocycles. The van der Waals surface area contributed by atoms with Crippen molar-refractivity contribution in [1.29, 1.82) is 0 Å². The fourth-order valence-electron chi connectivity index (χ4n) is 3.30. The number of hydrogen-bond acceptors (Lipinski definition) is 3. The summed E-state index contributed by atoms with van der Waals surface area (Å²) in [4.78, 5) is 16.7. The molecule has 0 unspecified atom stereocenters. The number of likely N-dealkylation sites (tertiary alicyclic amines) is 1. The fourth-order valence-corrected chi connectivity index (χ4v) is 3.30. The third kappa shape index (κ3) is 5.69. The molecule has 1 fully saturated rings. The number of piperidine rings is 1. The highest BCUT2D eigenvalue weighted by Gasteiger charge is 2.22. The zero-order chi connectivity index (χ0) is 19.1. The van der Waals surface area contributed by atoms with Crippen LogP contribution in [-0.4, -0.2) is 48.9 Å². The van der Waals surface area contributed by atoms with Crippen LogP contribution in [-0.2, 0) is 11.4 Å². The van der Waals surface area contributed by atoms with Gasteiger partial charge in [0.1, 0.15) is 12.4 Å². The first-order valence-corrected chi connectivity index (χ1v) is 9.52. The van der Waals surface area contributed by atoms with Crippen molar-refractivity contribution in [2.24, 2.45) is 0 Å². The first-order chi connectivity index (χ1) is 13.1. The first-order valence-electron chi connectivity index (χ1n) is 9.52. The summed E-state index contributed by atoms with van der Waals surface area (Å²) in [5.41, 5.74) is 2.10. The van der Waals surface area contributed by atoms with Gasteiger partial charge in [-0.05, 0) is 62.3 Å². The number of carbonyl (C=O) groups is 1. The van der Waals surface area contributed by atoms with E-state index in [2.05, 4.69) is 11.9 Å². The van der Waals surface area contributed by atoms with Crippen molar-refractivity contribution in [1.82, 2.24) is 9.80 Å². The number of nitrogens with zero attached hydrogens (tertiary/aromatic N) is 2. The van der Waals surface area contributed by atoms with Gasteiger partial charge in [-0.3, -0.25) is 4.79 Å². The van der Waals surface area contributed by atoms with Crippen molar-refractivity contribution >= 4 is 12.0 Å². The second-order valence-electron chi connectivity index (χ2n) is 7.16. The molecule has 0 atom stereocenters. The van der Waals surface area contributed by atoms with Crippen LogP contribution in [0.4, 0.5) is 0 Å². The predicted octanol–water partition coefficient (Wildman–Crippen LogP) is 3.83. The largest absolute Gasteiger partial charge is 0.489 e. The highest BCUT2D eigenvalue weighted by molar-refractivity contribution is 5.91. The number of carbonyl (C=O) groups excluding carboxylic acids is 1. The number of benzene rings is 2. The van der Waals surface area contributed by atoms with Gasteiger partial charge in [0.25, 0.3) is 0 Å². The van der Waals surface area contributed by atoms with E-state index in [1.807, 2.05) is 72.6 Å². The van der Waals surface area contributed by atoms with E-state index in [4.69, 9.17) is 4.74 Å². The van der Waals surface area contributed by atoms with E-state index in [9.17, 15) is 4.79 Å². The molecule has 2 aromatic carbocycles. The summed E-state index contributed by atoms with van der Waals surface area (Å²) in [5, 5.41) is 0. The van der Waals surface area contributed by atoms with Crippen molar-refractivity contribution in [2.75, 3.05) is 27.2 Å². The Balaban J connectivity index is 1.55. The van der Waals surface area contributed by atoms with Gasteiger partial charge in [0.2, 0.25) is 5.91 Å². The molecule has 1 aliphatic heterocycles. The molecule has 1 saturated heterocycles. The van der Waals surface area contributed by atoms with Crippen molar-refractivity contribution in [3.8, 4) is 5.75 Å². The lowest BCUT2D eigenvalue weighted by Crippen LogP contribution is -2.43. The van der Waals surface area contributed by atoms with Gasteiger partial charge in [-0.25, -0.2) is 0 Å². The third-order valence-corrected chi connectivity index (χ3v) is 5.11. The van der Waals surface area contributed by atoms with E-state index in [-0.39, 0.29) is 5.91 Å². The van der Waals surface area contributed by atoms with Crippen LogP contribution >= 0.6 is 0 Å². The number of amides is 1. The molecular formula is C23H28N2O2. The molecule has 4 heteroatoms. The first kappa shape index (κ1) is 19.2. The lowest BCUT2D eigenvalue weighted by Gasteiger charge is -2.34. The van der Waals surface area contributed by atoms with Gasteiger partial charge in [0.15, 0.2) is 0 Å². The number of likely N-dealkylation sites (N-methyl/N-ethyl adjacent to an activating group) is 1. The van der Waals surface area contributed by atoms with E-state index in [0.29, 0.717) is 12.6 Å². The van der Waals surface area contributed by atoms with Crippen LogP contribution in [0.5, 0.6) is 5.75 Å². The van der Waals surface area contributed by atoms with E-state index in [1.54, 1.807) is 6.08 Å². The minimum atomic E-state index is 0.0557. The van der Waals surface area contributed by atoms with E-state index < -0.39 is 0 Å². The summed E-state index contributed by atoms with van der Waals surface area (Å²) in [6.45, 7) is 2.63. The minimum absolute atomic E-state index is 0.0557. The molecule has 3 rings (SSSR count). The molecule has 1 aliphatic rings. The number of rotatable bonds is 6. The molecule has 2 aromatic rings. The van der Waals surface area contributed by atoms with Crippen LogP contribution in [0.3, 0.4) is 0 Å². The van der Waals surface area contributed by atoms with E-state index in [1.165, 1.54) is 0 Å². The Hall–Kier alpha value is -2.59. The number of hydrogen-bond donors (Lipinski definition) is 0. The van der Waals surface area contributed by atoms with Crippen molar-refractivity contribution in [2.45, 2.75) is 25.5 Å². The highest BCUT2D eigenvalue weighted by Crippen LogP contribution is 2.18. The van der Waals surface area contributed by atoms with Crippen LogP contribution in [0.2, 0.25) is 0 Å². The van der Waals surface area contributed by atoms with Gasteiger partial charge >= 0.3 is 0 Å². The molecule has 0 aliphatic carbocycles. The molecular weight excluding hydrogens is 336 g/mol. The van der Waals surface area contributed by atoms with Crippen molar-refractivity contribution in [3.63, 3.8) is 0 Å². The van der Waals surface area contributed by atoms with E-state index in [0.717, 1.165) is 42.8 Å². The van der Waals surface area contributed by atoms with Gasteiger partial charge in [0, 0.05) is 19.2 Å². The molecule has 0 spiro atoms. The Morgan fingerprint density at radius 2 is 1.89 bits per heavy atom. The summed E-state index contributed by atoms with van der Waals surface area (Å²) in [6, 6.07) is 18.2. The van der Waals surface area contributed by atoms with Gasteiger partial charge in [0.05, 0.1) is 0 Å².